The SMILES string of the molecule is CN(C)CC(=O)N1CCN(C(=O)C2(C)CCCCN2)CC1. The van der Waals surface area contributed by atoms with Crippen molar-refractivity contribution in [3.8, 4) is 0 Å². The Morgan fingerprint density at radius 2 is 1.71 bits per heavy atom. The van der Waals surface area contributed by atoms with Crippen molar-refractivity contribution in [2.24, 2.45) is 0 Å². The van der Waals surface area contributed by atoms with Gasteiger partial charge in [0.15, 0.2) is 0 Å². The van der Waals surface area contributed by atoms with Crippen LogP contribution in [0.15, 0.2) is 0 Å². The molecule has 2 heterocycles. The Labute approximate surface area is 127 Å². The summed E-state index contributed by atoms with van der Waals surface area (Å²) < 4.78 is 0. The fourth-order valence-corrected chi connectivity index (χ4v) is 3.12. The first-order valence-corrected chi connectivity index (χ1v) is 7.89. The Balaban J connectivity index is 1.86. The molecule has 2 aliphatic heterocycles. The fraction of sp³-hybridized carbons (Fsp3) is 0.867. The second-order valence-corrected chi connectivity index (χ2v) is 6.63. The third kappa shape index (κ3) is 3.95. The highest BCUT2D eigenvalue weighted by atomic mass is 16.2. The summed E-state index contributed by atoms with van der Waals surface area (Å²) >= 11 is 0. The number of hydrogen-bond acceptors (Lipinski definition) is 4. The van der Waals surface area contributed by atoms with E-state index in [9.17, 15) is 9.59 Å². The average Bonchev–Trinajstić information content (AvgIpc) is 2.46. The zero-order valence-corrected chi connectivity index (χ0v) is 13.5. The van der Waals surface area contributed by atoms with E-state index in [1.54, 1.807) is 0 Å². The second-order valence-electron chi connectivity index (χ2n) is 6.63. The summed E-state index contributed by atoms with van der Waals surface area (Å²) in [6, 6.07) is 0. The van der Waals surface area contributed by atoms with Crippen LogP contribution in [0, 0.1) is 0 Å². The molecule has 0 bridgehead atoms. The van der Waals surface area contributed by atoms with Gasteiger partial charge in [-0.2, -0.15) is 0 Å². The Morgan fingerprint density at radius 3 is 2.24 bits per heavy atom. The van der Waals surface area contributed by atoms with E-state index < -0.39 is 5.54 Å². The third-order valence-electron chi connectivity index (χ3n) is 4.46. The van der Waals surface area contributed by atoms with Crippen molar-refractivity contribution in [1.29, 1.82) is 0 Å². The molecule has 2 rings (SSSR count). The van der Waals surface area contributed by atoms with Crippen LogP contribution in [0.3, 0.4) is 0 Å². The molecule has 0 spiro atoms. The van der Waals surface area contributed by atoms with Gasteiger partial charge in [0.05, 0.1) is 12.1 Å². The number of hydrogen-bond donors (Lipinski definition) is 1. The van der Waals surface area contributed by atoms with Crippen LogP contribution in [0.1, 0.15) is 26.2 Å². The number of likely N-dealkylation sites (N-methyl/N-ethyl adjacent to an activating group) is 1. The molecule has 1 atom stereocenters. The summed E-state index contributed by atoms with van der Waals surface area (Å²) in [5.41, 5.74) is -0.409. The summed E-state index contributed by atoms with van der Waals surface area (Å²) in [6.07, 6.45) is 3.16. The molecule has 1 unspecified atom stereocenters. The molecule has 120 valence electrons. The van der Waals surface area contributed by atoms with Crippen molar-refractivity contribution in [2.75, 3.05) is 53.4 Å². The monoisotopic (exact) mass is 296 g/mol. The maximum atomic E-state index is 12.7. The lowest BCUT2D eigenvalue weighted by molar-refractivity contribution is -0.144. The van der Waals surface area contributed by atoms with Crippen LogP contribution in [-0.4, -0.2) is 85.4 Å². The van der Waals surface area contributed by atoms with E-state index >= 15 is 0 Å². The number of nitrogens with zero attached hydrogens (tertiary/aromatic N) is 3. The van der Waals surface area contributed by atoms with Crippen molar-refractivity contribution >= 4 is 11.8 Å². The largest absolute Gasteiger partial charge is 0.338 e. The molecule has 2 saturated heterocycles. The first kappa shape index (κ1) is 16.2. The van der Waals surface area contributed by atoms with Crippen LogP contribution < -0.4 is 5.32 Å². The summed E-state index contributed by atoms with van der Waals surface area (Å²) in [6.45, 7) is 5.96. The van der Waals surface area contributed by atoms with Crippen LogP contribution in [-0.2, 0) is 9.59 Å². The Morgan fingerprint density at radius 1 is 1.10 bits per heavy atom. The normalized spacial score (nSPS) is 27.0. The maximum absolute atomic E-state index is 12.7. The lowest BCUT2D eigenvalue weighted by Gasteiger charge is -2.41. The molecule has 0 saturated carbocycles. The van der Waals surface area contributed by atoms with Crippen LogP contribution in [0.4, 0.5) is 0 Å². The molecule has 0 aromatic carbocycles. The highest BCUT2D eigenvalue weighted by Gasteiger charge is 2.38. The minimum absolute atomic E-state index is 0.147. The molecule has 2 aliphatic rings. The molecule has 0 aliphatic carbocycles. The molecule has 2 amide bonds. The molecular weight excluding hydrogens is 268 g/mol. The zero-order valence-electron chi connectivity index (χ0n) is 13.5. The Bertz CT molecular complexity index is 383. The topological polar surface area (TPSA) is 55.9 Å². The van der Waals surface area contributed by atoms with Crippen LogP contribution in [0.2, 0.25) is 0 Å². The zero-order chi connectivity index (χ0) is 15.5. The predicted molar refractivity (Wildman–Crippen MR) is 82.0 cm³/mol. The molecule has 21 heavy (non-hydrogen) atoms. The van der Waals surface area contributed by atoms with Gasteiger partial charge in [-0.15, -0.1) is 0 Å². The van der Waals surface area contributed by atoms with Crippen molar-refractivity contribution in [1.82, 2.24) is 20.0 Å². The first-order valence-electron chi connectivity index (χ1n) is 7.89. The Hall–Kier alpha value is -1.14. The summed E-state index contributed by atoms with van der Waals surface area (Å²) in [7, 11) is 3.79. The van der Waals surface area contributed by atoms with Crippen molar-refractivity contribution in [3.05, 3.63) is 0 Å². The van der Waals surface area contributed by atoms with Crippen LogP contribution >= 0.6 is 0 Å². The van der Waals surface area contributed by atoms with Crippen molar-refractivity contribution < 1.29 is 9.59 Å². The molecule has 6 heteroatoms. The number of piperazine rings is 1. The molecule has 0 aromatic heterocycles. The molecular formula is C15H28N4O2. The van der Waals surface area contributed by atoms with Gasteiger partial charge in [0, 0.05) is 26.2 Å². The molecule has 0 aromatic rings. The number of carbonyl (C=O) groups excluding carboxylic acids is 2. The van der Waals surface area contributed by atoms with E-state index in [0.29, 0.717) is 32.7 Å². The summed E-state index contributed by atoms with van der Waals surface area (Å²) in [5.74, 6) is 0.344. The van der Waals surface area contributed by atoms with E-state index in [4.69, 9.17) is 0 Å². The minimum atomic E-state index is -0.409. The highest BCUT2D eigenvalue weighted by Crippen LogP contribution is 2.22. The Kier molecular flexibility index (Phi) is 5.22. The molecule has 6 nitrogen and oxygen atoms in total. The van der Waals surface area contributed by atoms with Gasteiger partial charge in [0.2, 0.25) is 11.8 Å². The van der Waals surface area contributed by atoms with E-state index in [-0.39, 0.29) is 11.8 Å². The van der Waals surface area contributed by atoms with Gasteiger partial charge in [-0.3, -0.25) is 9.59 Å². The maximum Gasteiger partial charge on any atom is 0.242 e. The average molecular weight is 296 g/mol. The molecule has 1 N–H and O–H groups in total. The molecule has 0 radical (unpaired) electrons. The smallest absolute Gasteiger partial charge is 0.242 e. The van der Waals surface area contributed by atoms with E-state index in [2.05, 4.69) is 5.32 Å². The standard InChI is InChI=1S/C15H28N4O2/c1-15(6-4-5-7-16-15)14(21)19-10-8-18(9-11-19)13(20)12-17(2)3/h16H,4-12H2,1-3H3. The van der Waals surface area contributed by atoms with Gasteiger partial charge in [0.1, 0.15) is 0 Å². The number of piperidine rings is 1. The van der Waals surface area contributed by atoms with E-state index in [0.717, 1.165) is 25.8 Å². The number of amides is 2. The van der Waals surface area contributed by atoms with Crippen LogP contribution in [0.5, 0.6) is 0 Å². The lowest BCUT2D eigenvalue weighted by atomic mass is 9.89. The van der Waals surface area contributed by atoms with Gasteiger partial charge in [-0.1, -0.05) is 0 Å². The number of rotatable bonds is 3. The van der Waals surface area contributed by atoms with Crippen LogP contribution in [0.25, 0.3) is 0 Å². The van der Waals surface area contributed by atoms with Gasteiger partial charge >= 0.3 is 0 Å². The lowest BCUT2D eigenvalue weighted by Crippen LogP contribution is -2.61. The fourth-order valence-electron chi connectivity index (χ4n) is 3.12. The van der Waals surface area contributed by atoms with E-state index in [1.807, 2.05) is 35.7 Å². The highest BCUT2D eigenvalue weighted by molar-refractivity contribution is 5.86. The van der Waals surface area contributed by atoms with Gasteiger partial charge in [0.25, 0.3) is 0 Å². The second kappa shape index (κ2) is 6.75. The van der Waals surface area contributed by atoms with Gasteiger partial charge in [-0.25, -0.2) is 0 Å². The molecule has 2 fully saturated rings. The quantitative estimate of drug-likeness (QED) is 0.780. The van der Waals surface area contributed by atoms with E-state index in [1.165, 1.54) is 0 Å². The van der Waals surface area contributed by atoms with Crippen molar-refractivity contribution in [2.45, 2.75) is 31.7 Å². The van der Waals surface area contributed by atoms with Crippen molar-refractivity contribution in [3.63, 3.8) is 0 Å². The number of carbonyl (C=O) groups is 2. The predicted octanol–water partition coefficient (Wildman–Crippen LogP) is -0.249. The van der Waals surface area contributed by atoms with Gasteiger partial charge < -0.3 is 20.0 Å². The first-order chi connectivity index (χ1) is 9.92. The number of nitrogens with one attached hydrogen (secondary N) is 1. The minimum Gasteiger partial charge on any atom is -0.338 e. The third-order valence-corrected chi connectivity index (χ3v) is 4.46. The van der Waals surface area contributed by atoms with Gasteiger partial charge in [-0.05, 0) is 46.8 Å². The summed E-state index contributed by atoms with van der Waals surface area (Å²) in [4.78, 5) is 30.4. The summed E-state index contributed by atoms with van der Waals surface area (Å²) in [5, 5.41) is 3.37.